The van der Waals surface area contributed by atoms with Gasteiger partial charge in [-0.05, 0) is 18.8 Å². The highest BCUT2D eigenvalue weighted by Crippen LogP contribution is 2.29. The number of amides is 1. The zero-order chi connectivity index (χ0) is 10.7. The highest BCUT2D eigenvalue weighted by atomic mass is 16.5. The second-order valence-electron chi connectivity index (χ2n) is 4.03. The standard InChI is InChI=1S/C10H17NO3/c1-6(2)8(10(13)14-3)11-9(12)7-4-5-7/h6-8H,4-5H2,1-3H3,(H,11,12). The monoisotopic (exact) mass is 199 g/mol. The third kappa shape index (κ3) is 2.72. The van der Waals surface area contributed by atoms with Crippen LogP contribution in [-0.2, 0) is 14.3 Å². The predicted molar refractivity (Wildman–Crippen MR) is 51.5 cm³/mol. The molecule has 1 atom stereocenters. The summed E-state index contributed by atoms with van der Waals surface area (Å²) in [5, 5.41) is 2.72. The summed E-state index contributed by atoms with van der Waals surface area (Å²) in [6.07, 6.45) is 1.88. The van der Waals surface area contributed by atoms with Gasteiger partial charge in [-0.25, -0.2) is 4.79 Å². The molecule has 0 aromatic heterocycles. The topological polar surface area (TPSA) is 55.4 Å². The molecule has 4 heteroatoms. The maximum atomic E-state index is 11.4. The highest BCUT2D eigenvalue weighted by molar-refractivity contribution is 5.87. The molecule has 1 rings (SSSR count). The normalized spacial score (nSPS) is 17.7. The molecular formula is C10H17NO3. The minimum absolute atomic E-state index is 0.0194. The van der Waals surface area contributed by atoms with Gasteiger partial charge in [0.05, 0.1) is 7.11 Å². The molecule has 1 saturated carbocycles. The zero-order valence-corrected chi connectivity index (χ0v) is 8.87. The molecule has 1 N–H and O–H groups in total. The molecule has 4 nitrogen and oxygen atoms in total. The molecule has 1 aliphatic rings. The van der Waals surface area contributed by atoms with Crippen LogP contribution >= 0.6 is 0 Å². The third-order valence-electron chi connectivity index (χ3n) is 2.37. The van der Waals surface area contributed by atoms with E-state index < -0.39 is 6.04 Å². The summed E-state index contributed by atoms with van der Waals surface area (Å²) in [5.41, 5.74) is 0. The predicted octanol–water partition coefficient (Wildman–Crippen LogP) is 0.710. The number of rotatable bonds is 4. The molecule has 0 aromatic rings. The van der Waals surface area contributed by atoms with E-state index in [9.17, 15) is 9.59 Å². The molecule has 1 amide bonds. The van der Waals surface area contributed by atoms with Crippen LogP contribution in [-0.4, -0.2) is 25.0 Å². The molecular weight excluding hydrogens is 182 g/mol. The van der Waals surface area contributed by atoms with E-state index in [1.165, 1.54) is 7.11 Å². The lowest BCUT2D eigenvalue weighted by Crippen LogP contribution is -2.45. The van der Waals surface area contributed by atoms with Gasteiger partial charge in [0.2, 0.25) is 5.91 Å². The van der Waals surface area contributed by atoms with Crippen LogP contribution in [0.3, 0.4) is 0 Å². The van der Waals surface area contributed by atoms with Crippen molar-refractivity contribution < 1.29 is 14.3 Å². The number of methoxy groups -OCH3 is 1. The van der Waals surface area contributed by atoms with Crippen molar-refractivity contribution in [2.24, 2.45) is 11.8 Å². The maximum Gasteiger partial charge on any atom is 0.328 e. The Morgan fingerprint density at radius 3 is 2.29 bits per heavy atom. The molecule has 0 spiro atoms. The Balaban J connectivity index is 2.49. The van der Waals surface area contributed by atoms with Crippen LogP contribution in [0.1, 0.15) is 26.7 Å². The van der Waals surface area contributed by atoms with Crippen LogP contribution < -0.4 is 5.32 Å². The van der Waals surface area contributed by atoms with Gasteiger partial charge in [-0.1, -0.05) is 13.8 Å². The van der Waals surface area contributed by atoms with E-state index >= 15 is 0 Å². The average Bonchev–Trinajstić information content (AvgIpc) is 2.95. The molecule has 0 radical (unpaired) electrons. The summed E-state index contributed by atoms with van der Waals surface area (Å²) in [6.45, 7) is 3.77. The number of hydrogen-bond acceptors (Lipinski definition) is 3. The molecule has 1 unspecified atom stereocenters. The third-order valence-corrected chi connectivity index (χ3v) is 2.37. The summed E-state index contributed by atoms with van der Waals surface area (Å²) < 4.78 is 4.62. The first-order valence-electron chi connectivity index (χ1n) is 4.94. The smallest absolute Gasteiger partial charge is 0.328 e. The van der Waals surface area contributed by atoms with Crippen molar-refractivity contribution in [2.75, 3.05) is 7.11 Å². The quantitative estimate of drug-likeness (QED) is 0.678. The largest absolute Gasteiger partial charge is 0.467 e. The van der Waals surface area contributed by atoms with Gasteiger partial charge >= 0.3 is 5.97 Å². The number of carbonyl (C=O) groups excluding carboxylic acids is 2. The fourth-order valence-corrected chi connectivity index (χ4v) is 1.24. The Kier molecular flexibility index (Phi) is 3.49. The van der Waals surface area contributed by atoms with Crippen molar-refractivity contribution in [3.63, 3.8) is 0 Å². The van der Waals surface area contributed by atoms with Crippen molar-refractivity contribution in [3.05, 3.63) is 0 Å². The molecule has 80 valence electrons. The average molecular weight is 199 g/mol. The summed E-state index contributed by atoms with van der Waals surface area (Å²) in [6, 6.07) is -0.506. The first kappa shape index (κ1) is 11.0. The first-order valence-corrected chi connectivity index (χ1v) is 4.94. The van der Waals surface area contributed by atoms with Gasteiger partial charge in [-0.2, -0.15) is 0 Å². The highest BCUT2D eigenvalue weighted by Gasteiger charge is 2.33. The summed E-state index contributed by atoms with van der Waals surface area (Å²) in [4.78, 5) is 22.7. The van der Waals surface area contributed by atoms with E-state index in [2.05, 4.69) is 10.1 Å². The van der Waals surface area contributed by atoms with Crippen molar-refractivity contribution in [3.8, 4) is 0 Å². The van der Waals surface area contributed by atoms with Crippen molar-refractivity contribution in [1.82, 2.24) is 5.32 Å². The van der Waals surface area contributed by atoms with Crippen LogP contribution in [0, 0.1) is 11.8 Å². The van der Waals surface area contributed by atoms with Crippen molar-refractivity contribution >= 4 is 11.9 Å². The number of carbonyl (C=O) groups is 2. The summed E-state index contributed by atoms with van der Waals surface area (Å²) >= 11 is 0. The fourth-order valence-electron chi connectivity index (χ4n) is 1.24. The molecule has 0 aliphatic heterocycles. The number of ether oxygens (including phenoxy) is 1. The molecule has 0 saturated heterocycles. The lowest BCUT2D eigenvalue weighted by Gasteiger charge is -2.19. The maximum absolute atomic E-state index is 11.4. The van der Waals surface area contributed by atoms with Gasteiger partial charge in [0.25, 0.3) is 0 Å². The lowest BCUT2D eigenvalue weighted by molar-refractivity contribution is -0.146. The fraction of sp³-hybridized carbons (Fsp3) is 0.800. The van der Waals surface area contributed by atoms with E-state index in [0.717, 1.165) is 12.8 Å². The Morgan fingerprint density at radius 2 is 1.93 bits per heavy atom. The van der Waals surface area contributed by atoms with Gasteiger partial charge < -0.3 is 10.1 Å². The Labute approximate surface area is 84.0 Å². The summed E-state index contributed by atoms with van der Waals surface area (Å²) in [5.74, 6) is -0.200. The Bertz CT molecular complexity index is 234. The zero-order valence-electron chi connectivity index (χ0n) is 8.87. The summed E-state index contributed by atoms with van der Waals surface area (Å²) in [7, 11) is 1.33. The molecule has 0 bridgehead atoms. The Morgan fingerprint density at radius 1 is 1.36 bits per heavy atom. The number of nitrogens with one attached hydrogen (secondary N) is 1. The SMILES string of the molecule is COC(=O)C(NC(=O)C1CC1)C(C)C. The van der Waals surface area contributed by atoms with Gasteiger partial charge in [0.15, 0.2) is 0 Å². The van der Waals surface area contributed by atoms with E-state index in [1.54, 1.807) is 0 Å². The molecule has 0 aromatic carbocycles. The second kappa shape index (κ2) is 4.44. The van der Waals surface area contributed by atoms with Crippen LogP contribution in [0.5, 0.6) is 0 Å². The molecule has 1 fully saturated rings. The second-order valence-corrected chi connectivity index (χ2v) is 4.03. The van der Waals surface area contributed by atoms with E-state index in [0.29, 0.717) is 0 Å². The molecule has 0 heterocycles. The minimum Gasteiger partial charge on any atom is -0.467 e. The van der Waals surface area contributed by atoms with Gasteiger partial charge in [-0.3, -0.25) is 4.79 Å². The van der Waals surface area contributed by atoms with E-state index in [4.69, 9.17) is 0 Å². The van der Waals surface area contributed by atoms with Gasteiger partial charge in [-0.15, -0.1) is 0 Å². The van der Waals surface area contributed by atoms with Crippen molar-refractivity contribution in [2.45, 2.75) is 32.7 Å². The van der Waals surface area contributed by atoms with Crippen molar-refractivity contribution in [1.29, 1.82) is 0 Å². The van der Waals surface area contributed by atoms with Gasteiger partial charge in [0.1, 0.15) is 6.04 Å². The lowest BCUT2D eigenvalue weighted by atomic mass is 10.0. The van der Waals surface area contributed by atoms with Crippen LogP contribution in [0.2, 0.25) is 0 Å². The van der Waals surface area contributed by atoms with Crippen LogP contribution in [0.25, 0.3) is 0 Å². The Hall–Kier alpha value is -1.06. The molecule has 14 heavy (non-hydrogen) atoms. The van der Waals surface area contributed by atoms with Crippen LogP contribution in [0.4, 0.5) is 0 Å². The number of hydrogen-bond donors (Lipinski definition) is 1. The minimum atomic E-state index is -0.506. The molecule has 1 aliphatic carbocycles. The van der Waals surface area contributed by atoms with E-state index in [1.807, 2.05) is 13.8 Å². The number of esters is 1. The first-order chi connectivity index (χ1) is 6.56. The van der Waals surface area contributed by atoms with Crippen LogP contribution in [0.15, 0.2) is 0 Å². The van der Waals surface area contributed by atoms with Gasteiger partial charge in [0, 0.05) is 5.92 Å². The van der Waals surface area contributed by atoms with E-state index in [-0.39, 0.29) is 23.7 Å².